The smallest absolute Gasteiger partial charge is 0.331 e. The molecule has 0 bridgehead atoms. The normalized spacial score (nSPS) is 11.1. The molecule has 0 radical (unpaired) electrons. The van der Waals surface area contributed by atoms with Crippen molar-refractivity contribution in [1.29, 1.82) is 0 Å². The number of nitrogens with one attached hydrogen (secondary N) is 1. The molecular formula is C15H15N3O4S. The summed E-state index contributed by atoms with van der Waals surface area (Å²) in [5.41, 5.74) is 0.140. The van der Waals surface area contributed by atoms with Crippen molar-refractivity contribution < 1.29 is 9.21 Å². The van der Waals surface area contributed by atoms with Crippen LogP contribution in [0, 0.1) is 6.92 Å². The molecule has 0 spiro atoms. The standard InChI is InChI=1S/C15H15N3O4S/c1-8-4-5-22-10(8)7-16-12(19)11-6-9-13(20)17(2)15(21)18(3)14(9)23-11/h4-6H,7H2,1-3H3,(H,16,19). The molecule has 0 aliphatic heterocycles. The Balaban J connectivity index is 1.94. The summed E-state index contributed by atoms with van der Waals surface area (Å²) in [5.74, 6) is 0.374. The lowest BCUT2D eigenvalue weighted by Gasteiger charge is -2.02. The van der Waals surface area contributed by atoms with Crippen molar-refractivity contribution >= 4 is 27.5 Å². The van der Waals surface area contributed by atoms with Crippen LogP contribution >= 0.6 is 11.3 Å². The van der Waals surface area contributed by atoms with E-state index in [0.717, 1.165) is 21.5 Å². The Kier molecular flexibility index (Phi) is 3.69. The van der Waals surface area contributed by atoms with Crippen LogP contribution in [0.1, 0.15) is 21.0 Å². The fourth-order valence-corrected chi connectivity index (χ4v) is 3.33. The summed E-state index contributed by atoms with van der Waals surface area (Å²) in [4.78, 5) is 37.2. The van der Waals surface area contributed by atoms with Crippen molar-refractivity contribution in [2.45, 2.75) is 13.5 Å². The molecule has 23 heavy (non-hydrogen) atoms. The third kappa shape index (κ3) is 2.50. The molecule has 3 aromatic rings. The van der Waals surface area contributed by atoms with Gasteiger partial charge in [0, 0.05) is 14.1 Å². The minimum atomic E-state index is -0.414. The highest BCUT2D eigenvalue weighted by molar-refractivity contribution is 7.20. The summed E-state index contributed by atoms with van der Waals surface area (Å²) in [6, 6.07) is 3.34. The number of rotatable bonds is 3. The van der Waals surface area contributed by atoms with E-state index in [1.807, 2.05) is 13.0 Å². The molecule has 8 heteroatoms. The van der Waals surface area contributed by atoms with E-state index in [-0.39, 0.29) is 12.5 Å². The Morgan fingerprint density at radius 1 is 1.30 bits per heavy atom. The molecule has 0 aliphatic carbocycles. The number of hydrogen-bond donors (Lipinski definition) is 1. The summed E-state index contributed by atoms with van der Waals surface area (Å²) in [6.07, 6.45) is 1.57. The molecular weight excluding hydrogens is 318 g/mol. The van der Waals surface area contributed by atoms with Crippen LogP contribution in [0.15, 0.2) is 32.4 Å². The monoisotopic (exact) mass is 333 g/mol. The van der Waals surface area contributed by atoms with Gasteiger partial charge in [-0.25, -0.2) is 4.79 Å². The van der Waals surface area contributed by atoms with Gasteiger partial charge in [-0.15, -0.1) is 11.3 Å². The highest BCUT2D eigenvalue weighted by Gasteiger charge is 2.16. The largest absolute Gasteiger partial charge is 0.467 e. The van der Waals surface area contributed by atoms with Crippen LogP contribution in [0.25, 0.3) is 10.2 Å². The SMILES string of the molecule is Cc1ccoc1CNC(=O)c1cc2c(=O)n(C)c(=O)n(C)c2s1. The first-order valence-corrected chi connectivity index (χ1v) is 7.72. The lowest BCUT2D eigenvalue weighted by Crippen LogP contribution is -2.36. The zero-order chi connectivity index (χ0) is 16.7. The first-order valence-electron chi connectivity index (χ1n) is 6.91. The number of carbonyl (C=O) groups is 1. The molecule has 0 saturated carbocycles. The van der Waals surface area contributed by atoms with Crippen LogP contribution in [0.3, 0.4) is 0 Å². The molecule has 120 valence electrons. The van der Waals surface area contributed by atoms with Crippen molar-refractivity contribution in [2.75, 3.05) is 0 Å². The maximum Gasteiger partial charge on any atom is 0.331 e. The second-order valence-corrected chi connectivity index (χ2v) is 6.28. The zero-order valence-electron chi connectivity index (χ0n) is 12.9. The van der Waals surface area contributed by atoms with Crippen molar-refractivity contribution in [2.24, 2.45) is 14.1 Å². The lowest BCUT2D eigenvalue weighted by molar-refractivity contribution is 0.0952. The van der Waals surface area contributed by atoms with Gasteiger partial charge in [0.05, 0.1) is 23.1 Å². The molecule has 3 heterocycles. The number of furan rings is 1. The van der Waals surface area contributed by atoms with E-state index in [1.54, 1.807) is 13.3 Å². The molecule has 0 saturated heterocycles. The van der Waals surface area contributed by atoms with Gasteiger partial charge in [0.25, 0.3) is 11.5 Å². The molecule has 1 amide bonds. The first-order chi connectivity index (χ1) is 10.9. The zero-order valence-corrected chi connectivity index (χ0v) is 13.7. The molecule has 0 fully saturated rings. The Labute approximate surface area is 134 Å². The molecule has 3 aromatic heterocycles. The molecule has 0 unspecified atom stereocenters. The second kappa shape index (κ2) is 5.54. The summed E-state index contributed by atoms with van der Waals surface area (Å²) in [5, 5.41) is 3.11. The van der Waals surface area contributed by atoms with E-state index in [1.165, 1.54) is 17.7 Å². The van der Waals surface area contributed by atoms with Gasteiger partial charge < -0.3 is 9.73 Å². The van der Waals surface area contributed by atoms with E-state index in [0.29, 0.717) is 20.9 Å². The van der Waals surface area contributed by atoms with Gasteiger partial charge in [0.1, 0.15) is 10.6 Å². The van der Waals surface area contributed by atoms with Crippen LogP contribution in [-0.4, -0.2) is 15.0 Å². The van der Waals surface area contributed by atoms with Gasteiger partial charge in [-0.05, 0) is 24.6 Å². The summed E-state index contributed by atoms with van der Waals surface area (Å²) in [7, 11) is 3.00. The van der Waals surface area contributed by atoms with E-state index in [9.17, 15) is 14.4 Å². The molecule has 3 rings (SSSR count). The highest BCUT2D eigenvalue weighted by atomic mass is 32.1. The first kappa shape index (κ1) is 15.3. The minimum absolute atomic E-state index is 0.267. The molecule has 7 nitrogen and oxygen atoms in total. The fraction of sp³-hybridized carbons (Fsp3) is 0.267. The summed E-state index contributed by atoms with van der Waals surface area (Å²) < 4.78 is 7.67. The van der Waals surface area contributed by atoms with E-state index in [2.05, 4.69) is 5.32 Å². The van der Waals surface area contributed by atoms with Crippen LogP contribution < -0.4 is 16.6 Å². The number of fused-ring (bicyclic) bond motifs is 1. The number of aryl methyl sites for hydroxylation is 2. The Hall–Kier alpha value is -2.61. The van der Waals surface area contributed by atoms with Gasteiger partial charge in [-0.2, -0.15) is 0 Å². The fourth-order valence-electron chi connectivity index (χ4n) is 2.31. The predicted octanol–water partition coefficient (Wildman–Crippen LogP) is 1.13. The summed E-state index contributed by atoms with van der Waals surface area (Å²) >= 11 is 1.12. The second-order valence-electron chi connectivity index (χ2n) is 5.24. The lowest BCUT2D eigenvalue weighted by atomic mass is 10.3. The Morgan fingerprint density at radius 2 is 2.04 bits per heavy atom. The van der Waals surface area contributed by atoms with Gasteiger partial charge in [0.15, 0.2) is 0 Å². The van der Waals surface area contributed by atoms with Gasteiger partial charge >= 0.3 is 5.69 Å². The average Bonchev–Trinajstić information content (AvgIpc) is 3.15. The Morgan fingerprint density at radius 3 is 2.70 bits per heavy atom. The number of amides is 1. The number of hydrogen-bond acceptors (Lipinski definition) is 5. The number of nitrogens with zero attached hydrogens (tertiary/aromatic N) is 2. The number of carbonyl (C=O) groups excluding carboxylic acids is 1. The molecule has 0 atom stereocenters. The van der Waals surface area contributed by atoms with Gasteiger partial charge in [-0.1, -0.05) is 0 Å². The number of thiophene rings is 1. The minimum Gasteiger partial charge on any atom is -0.467 e. The van der Waals surface area contributed by atoms with E-state index >= 15 is 0 Å². The third-order valence-corrected chi connectivity index (χ3v) is 4.94. The maximum atomic E-state index is 12.3. The van der Waals surface area contributed by atoms with Crippen molar-refractivity contribution in [1.82, 2.24) is 14.5 Å². The summed E-state index contributed by atoms with van der Waals surface area (Å²) in [6.45, 7) is 2.16. The topological polar surface area (TPSA) is 86.2 Å². The van der Waals surface area contributed by atoms with E-state index in [4.69, 9.17) is 4.42 Å². The van der Waals surface area contributed by atoms with Crippen LogP contribution in [0.4, 0.5) is 0 Å². The van der Waals surface area contributed by atoms with Gasteiger partial charge in [0.2, 0.25) is 0 Å². The average molecular weight is 333 g/mol. The number of aromatic nitrogens is 2. The molecule has 0 aromatic carbocycles. The van der Waals surface area contributed by atoms with Crippen molar-refractivity contribution in [3.8, 4) is 0 Å². The van der Waals surface area contributed by atoms with Crippen LogP contribution in [0.5, 0.6) is 0 Å². The quantitative estimate of drug-likeness (QED) is 0.778. The van der Waals surface area contributed by atoms with Crippen molar-refractivity contribution in [3.05, 3.63) is 55.4 Å². The molecule has 0 aliphatic rings. The maximum absolute atomic E-state index is 12.3. The van der Waals surface area contributed by atoms with Gasteiger partial charge in [-0.3, -0.25) is 18.7 Å². The Bertz CT molecular complexity index is 1020. The van der Waals surface area contributed by atoms with E-state index < -0.39 is 11.2 Å². The predicted molar refractivity (Wildman–Crippen MR) is 86.9 cm³/mol. The highest BCUT2D eigenvalue weighted by Crippen LogP contribution is 2.21. The van der Waals surface area contributed by atoms with Crippen LogP contribution in [0.2, 0.25) is 0 Å². The van der Waals surface area contributed by atoms with Crippen molar-refractivity contribution in [3.63, 3.8) is 0 Å². The third-order valence-electron chi connectivity index (χ3n) is 3.73. The van der Waals surface area contributed by atoms with Crippen LogP contribution in [-0.2, 0) is 20.6 Å². The molecule has 1 N–H and O–H groups in total.